The largest absolute Gasteiger partial charge is 0.394 e. The van der Waals surface area contributed by atoms with E-state index < -0.39 is 0 Å². The molecule has 3 rings (SSSR count). The second-order valence-electron chi connectivity index (χ2n) is 7.03. The number of aliphatic hydroxyl groups excluding tert-OH is 1. The molecular weight excluding hydrogens is 302 g/mol. The first-order valence-corrected chi connectivity index (χ1v) is 9.15. The number of aryl methyl sites for hydroxylation is 1. The first kappa shape index (κ1) is 17.2. The Hall–Kier alpha value is -1.59. The quantitative estimate of drug-likeness (QED) is 0.870. The zero-order valence-corrected chi connectivity index (χ0v) is 14.6. The molecule has 0 saturated carbocycles. The Morgan fingerprint density at radius 2 is 1.92 bits per heavy atom. The zero-order valence-electron chi connectivity index (χ0n) is 14.6. The molecule has 5 nitrogen and oxygen atoms in total. The minimum atomic E-state index is -0.0390. The van der Waals surface area contributed by atoms with Crippen molar-refractivity contribution in [2.75, 3.05) is 32.8 Å². The van der Waals surface area contributed by atoms with Gasteiger partial charge in [0.2, 0.25) is 0 Å². The molecule has 0 radical (unpaired) electrons. The lowest BCUT2D eigenvalue weighted by Gasteiger charge is -2.30. The molecule has 2 atom stereocenters. The van der Waals surface area contributed by atoms with Crippen molar-refractivity contribution in [2.24, 2.45) is 0 Å². The van der Waals surface area contributed by atoms with Crippen LogP contribution in [0.4, 0.5) is 4.79 Å². The number of carbonyl (C=O) groups is 1. The van der Waals surface area contributed by atoms with Gasteiger partial charge in [0.05, 0.1) is 18.7 Å². The molecule has 0 bridgehead atoms. The highest BCUT2D eigenvalue weighted by Crippen LogP contribution is 2.25. The first-order chi connectivity index (χ1) is 11.7. The number of likely N-dealkylation sites (tertiary alicyclic amines) is 2. The maximum Gasteiger partial charge on any atom is 0.317 e. The molecule has 2 heterocycles. The summed E-state index contributed by atoms with van der Waals surface area (Å²) >= 11 is 0. The Labute approximate surface area is 144 Å². The van der Waals surface area contributed by atoms with Crippen LogP contribution < -0.4 is 5.32 Å². The van der Waals surface area contributed by atoms with Crippen LogP contribution in [0.25, 0.3) is 0 Å². The summed E-state index contributed by atoms with van der Waals surface area (Å²) in [7, 11) is 0. The molecule has 2 amide bonds. The topological polar surface area (TPSA) is 55.8 Å². The summed E-state index contributed by atoms with van der Waals surface area (Å²) in [5.41, 5.74) is 2.52. The Kier molecular flexibility index (Phi) is 5.74. The van der Waals surface area contributed by atoms with Crippen LogP contribution in [-0.2, 0) is 0 Å². The first-order valence-electron chi connectivity index (χ1n) is 9.15. The molecular formula is C19H29N3O2. The van der Waals surface area contributed by atoms with Crippen molar-refractivity contribution in [3.8, 4) is 0 Å². The van der Waals surface area contributed by atoms with E-state index in [0.717, 1.165) is 32.5 Å². The van der Waals surface area contributed by atoms with E-state index in [4.69, 9.17) is 0 Å². The average molecular weight is 331 g/mol. The van der Waals surface area contributed by atoms with Crippen molar-refractivity contribution < 1.29 is 9.90 Å². The molecule has 2 fully saturated rings. The number of rotatable bonds is 5. The average Bonchev–Trinajstić information content (AvgIpc) is 3.27. The molecule has 0 spiro atoms. The lowest BCUT2D eigenvalue weighted by Crippen LogP contribution is -2.46. The summed E-state index contributed by atoms with van der Waals surface area (Å²) < 4.78 is 0. The summed E-state index contributed by atoms with van der Waals surface area (Å²) in [4.78, 5) is 16.8. The fourth-order valence-electron chi connectivity index (χ4n) is 3.88. The van der Waals surface area contributed by atoms with Crippen LogP contribution in [0, 0.1) is 6.92 Å². The number of hydrogen-bond acceptors (Lipinski definition) is 3. The van der Waals surface area contributed by atoms with E-state index in [-0.39, 0.29) is 24.7 Å². The predicted octanol–water partition coefficient (Wildman–Crippen LogP) is 2.30. The van der Waals surface area contributed by atoms with E-state index in [1.165, 1.54) is 24.0 Å². The lowest BCUT2D eigenvalue weighted by molar-refractivity contribution is 0.153. The van der Waals surface area contributed by atoms with Crippen LogP contribution >= 0.6 is 0 Å². The molecule has 5 heteroatoms. The second-order valence-corrected chi connectivity index (χ2v) is 7.03. The summed E-state index contributed by atoms with van der Waals surface area (Å²) in [6.07, 6.45) is 4.34. The third kappa shape index (κ3) is 3.90. The van der Waals surface area contributed by atoms with Gasteiger partial charge < -0.3 is 15.3 Å². The second kappa shape index (κ2) is 7.99. The van der Waals surface area contributed by atoms with E-state index in [1.54, 1.807) is 4.90 Å². The molecule has 0 aromatic heterocycles. The summed E-state index contributed by atoms with van der Waals surface area (Å²) in [5, 5.41) is 12.5. The van der Waals surface area contributed by atoms with Crippen molar-refractivity contribution in [3.63, 3.8) is 0 Å². The van der Waals surface area contributed by atoms with Gasteiger partial charge in [-0.1, -0.05) is 29.8 Å². The third-order valence-corrected chi connectivity index (χ3v) is 5.34. The number of benzene rings is 1. The van der Waals surface area contributed by atoms with Gasteiger partial charge in [0, 0.05) is 13.1 Å². The summed E-state index contributed by atoms with van der Waals surface area (Å²) in [5.74, 6) is 0. The minimum Gasteiger partial charge on any atom is -0.394 e. The van der Waals surface area contributed by atoms with Crippen molar-refractivity contribution in [1.82, 2.24) is 15.1 Å². The SMILES string of the molecule is Cc1ccc(C(CNC(=O)N2CCCC2CO)N2CCCC2)cc1. The van der Waals surface area contributed by atoms with E-state index >= 15 is 0 Å². The molecule has 2 unspecified atom stereocenters. The maximum atomic E-state index is 12.5. The van der Waals surface area contributed by atoms with Crippen LogP contribution in [0.1, 0.15) is 42.9 Å². The zero-order chi connectivity index (χ0) is 16.9. The molecule has 1 aromatic rings. The Morgan fingerprint density at radius 1 is 1.21 bits per heavy atom. The standard InChI is InChI=1S/C19H29N3O2/c1-15-6-8-16(9-7-15)18(21-10-2-3-11-21)13-20-19(24)22-12-4-5-17(22)14-23/h6-9,17-18,23H,2-5,10-14H2,1H3,(H,20,24). The van der Waals surface area contributed by atoms with Crippen molar-refractivity contribution in [2.45, 2.75) is 44.7 Å². The normalized spacial score (nSPS) is 22.8. The fourth-order valence-corrected chi connectivity index (χ4v) is 3.88. The van der Waals surface area contributed by atoms with Crippen LogP contribution in [0.5, 0.6) is 0 Å². The Balaban J connectivity index is 1.65. The van der Waals surface area contributed by atoms with Gasteiger partial charge in [-0.3, -0.25) is 4.90 Å². The summed E-state index contributed by atoms with van der Waals surface area (Å²) in [6.45, 7) is 5.71. The van der Waals surface area contributed by atoms with Gasteiger partial charge in [0.25, 0.3) is 0 Å². The number of nitrogens with zero attached hydrogens (tertiary/aromatic N) is 2. The van der Waals surface area contributed by atoms with Crippen molar-refractivity contribution >= 4 is 6.03 Å². The van der Waals surface area contributed by atoms with Gasteiger partial charge in [-0.25, -0.2) is 4.79 Å². The highest BCUT2D eigenvalue weighted by molar-refractivity contribution is 5.75. The fraction of sp³-hybridized carbons (Fsp3) is 0.632. The minimum absolute atomic E-state index is 0.0189. The van der Waals surface area contributed by atoms with Crippen LogP contribution in [0.15, 0.2) is 24.3 Å². The van der Waals surface area contributed by atoms with Gasteiger partial charge in [-0.2, -0.15) is 0 Å². The molecule has 24 heavy (non-hydrogen) atoms. The van der Waals surface area contributed by atoms with Crippen LogP contribution in [-0.4, -0.2) is 59.8 Å². The van der Waals surface area contributed by atoms with Gasteiger partial charge in [0.15, 0.2) is 0 Å². The molecule has 0 aliphatic carbocycles. The number of urea groups is 1. The van der Waals surface area contributed by atoms with E-state index in [9.17, 15) is 9.90 Å². The Bertz CT molecular complexity index is 540. The van der Waals surface area contributed by atoms with E-state index in [1.807, 2.05) is 0 Å². The smallest absolute Gasteiger partial charge is 0.317 e. The van der Waals surface area contributed by atoms with Gasteiger partial charge in [0.1, 0.15) is 0 Å². The van der Waals surface area contributed by atoms with Crippen LogP contribution in [0.3, 0.4) is 0 Å². The molecule has 1 aromatic carbocycles. The van der Waals surface area contributed by atoms with E-state index in [0.29, 0.717) is 6.54 Å². The number of nitrogens with one attached hydrogen (secondary N) is 1. The molecule has 2 aliphatic rings. The number of hydrogen-bond donors (Lipinski definition) is 2. The third-order valence-electron chi connectivity index (χ3n) is 5.34. The lowest BCUT2D eigenvalue weighted by atomic mass is 10.0. The number of carbonyl (C=O) groups excluding carboxylic acids is 1. The predicted molar refractivity (Wildman–Crippen MR) is 94.9 cm³/mol. The van der Waals surface area contributed by atoms with Gasteiger partial charge in [-0.05, 0) is 51.3 Å². The molecule has 132 valence electrons. The van der Waals surface area contributed by atoms with Crippen LogP contribution in [0.2, 0.25) is 0 Å². The van der Waals surface area contributed by atoms with Gasteiger partial charge in [-0.15, -0.1) is 0 Å². The Morgan fingerprint density at radius 3 is 2.58 bits per heavy atom. The highest BCUT2D eigenvalue weighted by atomic mass is 16.3. The monoisotopic (exact) mass is 331 g/mol. The molecule has 2 saturated heterocycles. The van der Waals surface area contributed by atoms with E-state index in [2.05, 4.69) is 41.4 Å². The van der Waals surface area contributed by atoms with Crippen molar-refractivity contribution in [1.29, 1.82) is 0 Å². The van der Waals surface area contributed by atoms with Crippen molar-refractivity contribution in [3.05, 3.63) is 35.4 Å². The molecule has 2 aliphatic heterocycles. The van der Waals surface area contributed by atoms with Gasteiger partial charge >= 0.3 is 6.03 Å². The number of amides is 2. The number of aliphatic hydroxyl groups is 1. The maximum absolute atomic E-state index is 12.5. The summed E-state index contributed by atoms with van der Waals surface area (Å²) in [6, 6.07) is 8.81. The highest BCUT2D eigenvalue weighted by Gasteiger charge is 2.29. The molecule has 2 N–H and O–H groups in total.